The second kappa shape index (κ2) is 6.38. The molecule has 0 spiro atoms. The maximum absolute atomic E-state index is 11.5. The number of halogens is 1. The van der Waals surface area contributed by atoms with Gasteiger partial charge in [-0.1, -0.05) is 12.1 Å². The Morgan fingerprint density at radius 1 is 1.50 bits per heavy atom. The number of alkyl halides is 1. The van der Waals surface area contributed by atoms with Crippen molar-refractivity contribution in [3.05, 3.63) is 29.8 Å². The fourth-order valence-corrected chi connectivity index (χ4v) is 1.62. The van der Waals surface area contributed by atoms with Gasteiger partial charge in [0.15, 0.2) is 0 Å². The zero-order valence-corrected chi connectivity index (χ0v) is 10.3. The third-order valence-electron chi connectivity index (χ3n) is 2.36. The number of carbonyl (C=O) groups excluding carboxylic acids is 1. The van der Waals surface area contributed by atoms with Crippen molar-refractivity contribution in [2.45, 2.75) is 13.5 Å². The second-order valence-electron chi connectivity index (χ2n) is 3.39. The van der Waals surface area contributed by atoms with Gasteiger partial charge in [-0.25, -0.2) is 0 Å². The summed E-state index contributed by atoms with van der Waals surface area (Å²) in [5.41, 5.74) is 1.04. The molecule has 1 aromatic carbocycles. The van der Waals surface area contributed by atoms with E-state index in [4.69, 9.17) is 16.3 Å². The van der Waals surface area contributed by atoms with Gasteiger partial charge in [0.25, 0.3) is 0 Å². The SMILES string of the molecule is CCN(Cc1cccc(OC)c1)C(=O)CCl. The van der Waals surface area contributed by atoms with Gasteiger partial charge in [0, 0.05) is 13.1 Å². The van der Waals surface area contributed by atoms with Crippen LogP contribution >= 0.6 is 11.6 Å². The average molecular weight is 242 g/mol. The Hall–Kier alpha value is -1.22. The van der Waals surface area contributed by atoms with Crippen molar-refractivity contribution < 1.29 is 9.53 Å². The highest BCUT2D eigenvalue weighted by atomic mass is 35.5. The Morgan fingerprint density at radius 3 is 2.81 bits per heavy atom. The summed E-state index contributed by atoms with van der Waals surface area (Å²) in [7, 11) is 1.63. The number of hydrogen-bond acceptors (Lipinski definition) is 2. The molecule has 0 unspecified atom stereocenters. The smallest absolute Gasteiger partial charge is 0.237 e. The summed E-state index contributed by atoms with van der Waals surface area (Å²) in [5.74, 6) is 0.775. The first kappa shape index (κ1) is 12.8. The predicted molar refractivity (Wildman–Crippen MR) is 64.8 cm³/mol. The van der Waals surface area contributed by atoms with Crippen molar-refractivity contribution in [1.29, 1.82) is 0 Å². The summed E-state index contributed by atoms with van der Waals surface area (Å²) >= 11 is 5.53. The van der Waals surface area contributed by atoms with Gasteiger partial charge in [0.05, 0.1) is 7.11 Å². The van der Waals surface area contributed by atoms with Crippen molar-refractivity contribution in [2.75, 3.05) is 19.5 Å². The van der Waals surface area contributed by atoms with E-state index in [2.05, 4.69) is 0 Å². The Morgan fingerprint density at radius 2 is 2.25 bits per heavy atom. The topological polar surface area (TPSA) is 29.5 Å². The maximum Gasteiger partial charge on any atom is 0.237 e. The molecular formula is C12H16ClNO2. The molecule has 1 amide bonds. The highest BCUT2D eigenvalue weighted by Gasteiger charge is 2.10. The van der Waals surface area contributed by atoms with Crippen molar-refractivity contribution in [3.63, 3.8) is 0 Å². The van der Waals surface area contributed by atoms with Gasteiger partial charge in [-0.05, 0) is 24.6 Å². The van der Waals surface area contributed by atoms with E-state index in [1.54, 1.807) is 12.0 Å². The molecule has 0 heterocycles. The number of ether oxygens (including phenoxy) is 1. The summed E-state index contributed by atoms with van der Waals surface area (Å²) in [4.78, 5) is 13.2. The van der Waals surface area contributed by atoms with E-state index >= 15 is 0 Å². The van der Waals surface area contributed by atoms with Crippen LogP contribution in [0.2, 0.25) is 0 Å². The van der Waals surface area contributed by atoms with E-state index in [1.165, 1.54) is 0 Å². The Balaban J connectivity index is 2.73. The van der Waals surface area contributed by atoms with Crippen LogP contribution in [-0.4, -0.2) is 30.3 Å². The normalized spacial score (nSPS) is 9.94. The molecule has 0 radical (unpaired) electrons. The fourth-order valence-electron chi connectivity index (χ4n) is 1.45. The van der Waals surface area contributed by atoms with Gasteiger partial charge < -0.3 is 9.64 Å². The van der Waals surface area contributed by atoms with Gasteiger partial charge in [-0.3, -0.25) is 4.79 Å². The molecule has 0 aromatic heterocycles. The fraction of sp³-hybridized carbons (Fsp3) is 0.417. The van der Waals surface area contributed by atoms with Gasteiger partial charge in [0.1, 0.15) is 11.6 Å². The summed E-state index contributed by atoms with van der Waals surface area (Å²) in [5, 5.41) is 0. The lowest BCUT2D eigenvalue weighted by atomic mass is 10.2. The molecule has 0 bridgehead atoms. The van der Waals surface area contributed by atoms with Crippen LogP contribution < -0.4 is 4.74 Å². The summed E-state index contributed by atoms with van der Waals surface area (Å²) < 4.78 is 5.13. The standard InChI is InChI=1S/C12H16ClNO2/c1-3-14(12(15)8-13)9-10-5-4-6-11(7-10)16-2/h4-7H,3,8-9H2,1-2H3. The monoisotopic (exact) mass is 241 g/mol. The number of rotatable bonds is 5. The molecule has 1 aromatic rings. The number of hydrogen-bond donors (Lipinski definition) is 0. The summed E-state index contributed by atoms with van der Waals surface area (Å²) in [6.45, 7) is 3.16. The number of benzene rings is 1. The lowest BCUT2D eigenvalue weighted by Gasteiger charge is -2.20. The van der Waals surface area contributed by atoms with Crippen LogP contribution in [0.3, 0.4) is 0 Å². The Labute approximate surface area is 101 Å². The summed E-state index contributed by atoms with van der Waals surface area (Å²) in [6.07, 6.45) is 0. The Bertz CT molecular complexity index is 355. The molecule has 0 N–H and O–H groups in total. The zero-order valence-electron chi connectivity index (χ0n) is 9.57. The minimum Gasteiger partial charge on any atom is -0.497 e. The predicted octanol–water partition coefficient (Wildman–Crippen LogP) is 2.28. The van der Waals surface area contributed by atoms with E-state index in [9.17, 15) is 4.79 Å². The third kappa shape index (κ3) is 3.42. The van der Waals surface area contributed by atoms with Crippen LogP contribution in [0.4, 0.5) is 0 Å². The average Bonchev–Trinajstić information content (AvgIpc) is 2.35. The molecular weight excluding hydrogens is 226 g/mol. The first-order chi connectivity index (χ1) is 7.71. The number of nitrogens with zero attached hydrogens (tertiary/aromatic N) is 1. The molecule has 3 nitrogen and oxygen atoms in total. The minimum atomic E-state index is -0.0491. The number of amides is 1. The molecule has 1 rings (SSSR count). The quantitative estimate of drug-likeness (QED) is 0.741. The van der Waals surface area contributed by atoms with Crippen molar-refractivity contribution in [2.24, 2.45) is 0 Å². The van der Waals surface area contributed by atoms with Gasteiger partial charge in [-0.2, -0.15) is 0 Å². The molecule has 0 aliphatic heterocycles. The molecule has 0 saturated carbocycles. The zero-order chi connectivity index (χ0) is 12.0. The molecule has 88 valence electrons. The third-order valence-corrected chi connectivity index (χ3v) is 2.58. The first-order valence-corrected chi connectivity index (χ1v) is 5.71. The van der Waals surface area contributed by atoms with Gasteiger partial charge in [-0.15, -0.1) is 11.6 Å². The highest BCUT2D eigenvalue weighted by Crippen LogP contribution is 2.14. The van der Waals surface area contributed by atoms with Gasteiger partial charge in [0.2, 0.25) is 5.91 Å². The van der Waals surface area contributed by atoms with Crippen molar-refractivity contribution in [1.82, 2.24) is 4.90 Å². The van der Waals surface area contributed by atoms with Crippen LogP contribution in [-0.2, 0) is 11.3 Å². The molecule has 0 aliphatic rings. The molecule has 0 fully saturated rings. The highest BCUT2D eigenvalue weighted by molar-refractivity contribution is 6.27. The number of carbonyl (C=O) groups is 1. The second-order valence-corrected chi connectivity index (χ2v) is 3.66. The van der Waals surface area contributed by atoms with E-state index in [0.29, 0.717) is 13.1 Å². The number of methoxy groups -OCH3 is 1. The van der Waals surface area contributed by atoms with E-state index in [1.807, 2.05) is 31.2 Å². The maximum atomic E-state index is 11.5. The first-order valence-electron chi connectivity index (χ1n) is 5.18. The van der Waals surface area contributed by atoms with Crippen molar-refractivity contribution in [3.8, 4) is 5.75 Å². The molecule has 0 saturated heterocycles. The van der Waals surface area contributed by atoms with Gasteiger partial charge >= 0.3 is 0 Å². The molecule has 4 heteroatoms. The van der Waals surface area contributed by atoms with E-state index in [0.717, 1.165) is 11.3 Å². The van der Waals surface area contributed by atoms with E-state index < -0.39 is 0 Å². The van der Waals surface area contributed by atoms with Crippen LogP contribution in [0.5, 0.6) is 5.75 Å². The van der Waals surface area contributed by atoms with Crippen LogP contribution in [0.15, 0.2) is 24.3 Å². The van der Waals surface area contributed by atoms with E-state index in [-0.39, 0.29) is 11.8 Å². The van der Waals surface area contributed by atoms with Crippen LogP contribution in [0.1, 0.15) is 12.5 Å². The lowest BCUT2D eigenvalue weighted by molar-refractivity contribution is -0.128. The minimum absolute atomic E-state index is 0.0256. The van der Waals surface area contributed by atoms with Crippen LogP contribution in [0.25, 0.3) is 0 Å². The van der Waals surface area contributed by atoms with Crippen molar-refractivity contribution >= 4 is 17.5 Å². The Kier molecular flexibility index (Phi) is 5.12. The summed E-state index contributed by atoms with van der Waals surface area (Å²) in [6, 6.07) is 7.67. The molecule has 0 atom stereocenters. The molecule has 16 heavy (non-hydrogen) atoms. The van der Waals surface area contributed by atoms with Crippen LogP contribution in [0, 0.1) is 0 Å². The largest absolute Gasteiger partial charge is 0.497 e. The lowest BCUT2D eigenvalue weighted by Crippen LogP contribution is -2.31. The molecule has 0 aliphatic carbocycles.